The molecule has 2 heterocycles. The van der Waals surface area contributed by atoms with Gasteiger partial charge in [0.15, 0.2) is 5.82 Å². The lowest BCUT2D eigenvalue weighted by Crippen LogP contribution is -2.16. The van der Waals surface area contributed by atoms with Crippen LogP contribution in [0.5, 0.6) is 5.75 Å². The minimum Gasteiger partial charge on any atom is -0.493 e. The molecule has 1 unspecified atom stereocenters. The van der Waals surface area contributed by atoms with Crippen LogP contribution in [0.1, 0.15) is 23.7 Å². The zero-order valence-corrected chi connectivity index (χ0v) is 11.3. The third-order valence-electron chi connectivity index (χ3n) is 3.29. The highest BCUT2D eigenvalue weighted by atomic mass is 16.5. The summed E-state index contributed by atoms with van der Waals surface area (Å²) in [4.78, 5) is 4.40. The van der Waals surface area contributed by atoms with E-state index >= 15 is 0 Å². The normalized spacial score (nSPS) is 17.4. The average molecular weight is 275 g/mol. The van der Waals surface area contributed by atoms with Gasteiger partial charge in [-0.15, -0.1) is 0 Å². The van der Waals surface area contributed by atoms with Crippen molar-refractivity contribution in [3.8, 4) is 5.75 Å². The molecule has 0 saturated heterocycles. The smallest absolute Gasteiger partial charge is 0.321 e. The fourth-order valence-electron chi connectivity index (χ4n) is 2.32. The van der Waals surface area contributed by atoms with Gasteiger partial charge in [-0.1, -0.05) is 23.4 Å². The van der Waals surface area contributed by atoms with Gasteiger partial charge in [0.2, 0.25) is 0 Å². The second-order valence-electron chi connectivity index (χ2n) is 4.60. The molecule has 1 aliphatic rings. The third-order valence-corrected chi connectivity index (χ3v) is 3.29. The molecule has 0 aliphatic carbocycles. The summed E-state index contributed by atoms with van der Waals surface area (Å²) in [6.07, 6.45) is 0.855. The Morgan fingerprint density at radius 2 is 2.30 bits per heavy atom. The Morgan fingerprint density at radius 1 is 1.40 bits per heavy atom. The zero-order valence-electron chi connectivity index (χ0n) is 11.3. The number of ether oxygens (including phenoxy) is 2. The zero-order chi connectivity index (χ0) is 13.8. The largest absolute Gasteiger partial charge is 0.493 e. The summed E-state index contributed by atoms with van der Waals surface area (Å²) < 4.78 is 15.8. The number of rotatable bonds is 5. The topological polar surface area (TPSA) is 69.4 Å². The number of hydrogen-bond acceptors (Lipinski definition) is 6. The highest BCUT2D eigenvalue weighted by Crippen LogP contribution is 2.36. The van der Waals surface area contributed by atoms with Crippen molar-refractivity contribution in [3.05, 3.63) is 35.7 Å². The van der Waals surface area contributed by atoms with Crippen LogP contribution in [0.15, 0.2) is 28.8 Å². The maximum absolute atomic E-state index is 5.64. The predicted molar refractivity (Wildman–Crippen MR) is 73.1 cm³/mol. The number of para-hydroxylation sites is 1. The first-order valence-corrected chi connectivity index (χ1v) is 6.66. The summed E-state index contributed by atoms with van der Waals surface area (Å²) in [5.41, 5.74) is 1.11. The molecule has 106 valence electrons. The van der Waals surface area contributed by atoms with Gasteiger partial charge in [-0.05, 0) is 12.5 Å². The highest BCUT2D eigenvalue weighted by Gasteiger charge is 2.26. The first-order valence-electron chi connectivity index (χ1n) is 6.66. The lowest BCUT2D eigenvalue weighted by Gasteiger charge is -2.23. The maximum atomic E-state index is 5.64. The van der Waals surface area contributed by atoms with E-state index in [4.69, 9.17) is 14.0 Å². The van der Waals surface area contributed by atoms with Crippen LogP contribution in [0.25, 0.3) is 0 Å². The molecular formula is C14H17N3O3. The number of nitrogens with zero attached hydrogens (tertiary/aromatic N) is 2. The van der Waals surface area contributed by atoms with Gasteiger partial charge in [-0.25, -0.2) is 0 Å². The van der Waals surface area contributed by atoms with Crippen molar-refractivity contribution >= 4 is 6.01 Å². The van der Waals surface area contributed by atoms with Crippen molar-refractivity contribution in [3.63, 3.8) is 0 Å². The van der Waals surface area contributed by atoms with Crippen LogP contribution in [0.3, 0.4) is 0 Å². The quantitative estimate of drug-likeness (QED) is 0.842. The van der Waals surface area contributed by atoms with Crippen molar-refractivity contribution < 1.29 is 14.0 Å². The standard InChI is InChI=1S/C14H17N3O3/c1-18-9-7-15-14-16-13(17-20-14)11-6-8-19-12-5-3-2-4-10(11)12/h2-5,11H,6-9H2,1H3,(H,15,16,17). The number of nitrogens with one attached hydrogen (secondary N) is 1. The fourth-order valence-corrected chi connectivity index (χ4v) is 2.32. The highest BCUT2D eigenvalue weighted by molar-refractivity contribution is 5.41. The van der Waals surface area contributed by atoms with E-state index in [1.54, 1.807) is 7.11 Å². The first kappa shape index (κ1) is 12.9. The van der Waals surface area contributed by atoms with Crippen molar-refractivity contribution in [2.24, 2.45) is 0 Å². The predicted octanol–water partition coefficient (Wildman–Crippen LogP) is 2.04. The van der Waals surface area contributed by atoms with Crippen molar-refractivity contribution in [2.75, 3.05) is 32.2 Å². The molecule has 2 aromatic rings. The summed E-state index contributed by atoms with van der Waals surface area (Å²) >= 11 is 0. The van der Waals surface area contributed by atoms with Crippen molar-refractivity contribution in [2.45, 2.75) is 12.3 Å². The maximum Gasteiger partial charge on any atom is 0.321 e. The van der Waals surface area contributed by atoms with E-state index in [0.717, 1.165) is 17.7 Å². The van der Waals surface area contributed by atoms with Crippen LogP contribution in [-0.4, -0.2) is 37.0 Å². The molecule has 6 heteroatoms. The number of anilines is 1. The number of hydrogen-bond donors (Lipinski definition) is 1. The number of aromatic nitrogens is 2. The lowest BCUT2D eigenvalue weighted by atomic mass is 9.92. The number of benzene rings is 1. The molecule has 0 amide bonds. The lowest BCUT2D eigenvalue weighted by molar-refractivity contribution is 0.210. The summed E-state index contributed by atoms with van der Waals surface area (Å²) in [7, 11) is 1.65. The van der Waals surface area contributed by atoms with Crippen LogP contribution < -0.4 is 10.1 Å². The Labute approximate surface area is 117 Å². The summed E-state index contributed by atoms with van der Waals surface area (Å²) in [6, 6.07) is 8.42. The molecule has 1 aromatic carbocycles. The van der Waals surface area contributed by atoms with E-state index in [1.165, 1.54) is 0 Å². The van der Waals surface area contributed by atoms with Gasteiger partial charge in [-0.2, -0.15) is 4.98 Å². The fraction of sp³-hybridized carbons (Fsp3) is 0.429. The molecule has 1 atom stereocenters. The number of fused-ring (bicyclic) bond motifs is 1. The van der Waals surface area contributed by atoms with Crippen molar-refractivity contribution in [1.29, 1.82) is 0 Å². The van der Waals surface area contributed by atoms with Gasteiger partial charge in [0, 0.05) is 19.2 Å². The van der Waals surface area contributed by atoms with Gasteiger partial charge < -0.3 is 19.3 Å². The molecule has 20 heavy (non-hydrogen) atoms. The van der Waals surface area contributed by atoms with Crippen LogP contribution >= 0.6 is 0 Å². The molecule has 0 fully saturated rings. The molecule has 0 radical (unpaired) electrons. The summed E-state index contributed by atoms with van der Waals surface area (Å²) in [5, 5.41) is 7.10. The Hall–Kier alpha value is -2.08. The Bertz CT molecular complexity index is 570. The molecular weight excluding hydrogens is 258 g/mol. The van der Waals surface area contributed by atoms with Crippen molar-refractivity contribution in [1.82, 2.24) is 10.1 Å². The SMILES string of the molecule is COCCNc1nc(C2CCOc3ccccc32)no1. The van der Waals surface area contributed by atoms with E-state index in [9.17, 15) is 0 Å². The Balaban J connectivity index is 1.77. The Morgan fingerprint density at radius 3 is 3.20 bits per heavy atom. The van der Waals surface area contributed by atoms with E-state index in [-0.39, 0.29) is 5.92 Å². The first-order chi connectivity index (χ1) is 9.88. The molecule has 0 saturated carbocycles. The molecule has 1 aromatic heterocycles. The van der Waals surface area contributed by atoms with Gasteiger partial charge in [0.25, 0.3) is 0 Å². The van der Waals surface area contributed by atoms with E-state index < -0.39 is 0 Å². The second kappa shape index (κ2) is 5.92. The second-order valence-corrected chi connectivity index (χ2v) is 4.60. The van der Waals surface area contributed by atoms with Gasteiger partial charge in [0.1, 0.15) is 5.75 Å². The van der Waals surface area contributed by atoms with Crippen LogP contribution in [0.2, 0.25) is 0 Å². The molecule has 1 N–H and O–H groups in total. The minimum atomic E-state index is 0.127. The molecule has 3 rings (SSSR count). The molecule has 1 aliphatic heterocycles. The molecule has 0 bridgehead atoms. The van der Waals surface area contributed by atoms with Crippen LogP contribution in [-0.2, 0) is 4.74 Å². The minimum absolute atomic E-state index is 0.127. The van der Waals surface area contributed by atoms with E-state index in [0.29, 0.717) is 31.6 Å². The molecule has 0 spiro atoms. The van der Waals surface area contributed by atoms with Gasteiger partial charge in [-0.3, -0.25) is 0 Å². The average Bonchev–Trinajstić information content (AvgIpc) is 2.96. The summed E-state index contributed by atoms with van der Waals surface area (Å²) in [6.45, 7) is 1.91. The van der Waals surface area contributed by atoms with Gasteiger partial charge >= 0.3 is 6.01 Å². The van der Waals surface area contributed by atoms with E-state index in [2.05, 4.69) is 15.5 Å². The molecule has 6 nitrogen and oxygen atoms in total. The third kappa shape index (κ3) is 2.60. The van der Waals surface area contributed by atoms with Gasteiger partial charge in [0.05, 0.1) is 19.1 Å². The van der Waals surface area contributed by atoms with Crippen LogP contribution in [0.4, 0.5) is 6.01 Å². The number of methoxy groups -OCH3 is 1. The monoisotopic (exact) mass is 275 g/mol. The summed E-state index contributed by atoms with van der Waals surface area (Å²) in [5.74, 6) is 1.73. The van der Waals surface area contributed by atoms with E-state index in [1.807, 2.05) is 24.3 Å². The Kier molecular flexibility index (Phi) is 3.83. The van der Waals surface area contributed by atoms with Crippen LogP contribution in [0, 0.1) is 0 Å².